The van der Waals surface area contributed by atoms with Crippen molar-refractivity contribution in [2.45, 2.75) is 51.5 Å². The van der Waals surface area contributed by atoms with E-state index in [0.717, 1.165) is 5.92 Å². The topological polar surface area (TPSA) is 86.0 Å². The van der Waals surface area contributed by atoms with Crippen LogP contribution in [0.4, 0.5) is 11.9 Å². The van der Waals surface area contributed by atoms with Gasteiger partial charge in [-0.2, -0.15) is 15.0 Å². The molecule has 1 aromatic heterocycles. The highest BCUT2D eigenvalue weighted by Crippen LogP contribution is 2.29. The van der Waals surface area contributed by atoms with Crippen molar-refractivity contribution in [2.75, 3.05) is 18.2 Å². The van der Waals surface area contributed by atoms with Crippen LogP contribution in [0.15, 0.2) is 0 Å². The normalized spacial score (nSPS) is 23.1. The van der Waals surface area contributed by atoms with Gasteiger partial charge in [0, 0.05) is 6.04 Å². The Bertz CT molecular complexity index is 404. The van der Waals surface area contributed by atoms with Crippen LogP contribution < -0.4 is 15.8 Å². The molecule has 1 saturated carbocycles. The van der Waals surface area contributed by atoms with Crippen LogP contribution in [0.3, 0.4) is 0 Å². The van der Waals surface area contributed by atoms with Crippen molar-refractivity contribution in [3.63, 3.8) is 0 Å². The summed E-state index contributed by atoms with van der Waals surface area (Å²) in [6, 6.07) is 0.689. The molecule has 0 aliphatic heterocycles. The van der Waals surface area contributed by atoms with Crippen LogP contribution in [0.25, 0.3) is 0 Å². The SMILES string of the molecule is CCCC1CCC(Nc2nc(N)nc(OC)n2)CC1. The van der Waals surface area contributed by atoms with Crippen LogP contribution in [0.1, 0.15) is 45.4 Å². The van der Waals surface area contributed by atoms with Crippen LogP contribution in [-0.2, 0) is 0 Å². The molecular formula is C13H23N5O. The molecule has 6 nitrogen and oxygen atoms in total. The second kappa shape index (κ2) is 6.54. The fourth-order valence-corrected chi connectivity index (χ4v) is 2.71. The number of nitrogens with zero attached hydrogens (tertiary/aromatic N) is 3. The first-order valence-corrected chi connectivity index (χ1v) is 7.03. The molecular weight excluding hydrogens is 242 g/mol. The Kier molecular flexibility index (Phi) is 4.76. The molecule has 0 unspecified atom stereocenters. The Balaban J connectivity index is 1.90. The molecule has 0 saturated heterocycles. The zero-order valence-corrected chi connectivity index (χ0v) is 11.7. The van der Waals surface area contributed by atoms with Gasteiger partial charge in [0.25, 0.3) is 0 Å². The number of hydrogen-bond donors (Lipinski definition) is 2. The van der Waals surface area contributed by atoms with Crippen molar-refractivity contribution in [3.05, 3.63) is 0 Å². The van der Waals surface area contributed by atoms with Gasteiger partial charge in [-0.05, 0) is 31.6 Å². The summed E-state index contributed by atoms with van der Waals surface area (Å²) in [5.74, 6) is 1.60. The number of methoxy groups -OCH3 is 1. The predicted molar refractivity (Wildman–Crippen MR) is 75.1 cm³/mol. The van der Waals surface area contributed by atoms with Gasteiger partial charge in [-0.1, -0.05) is 19.8 Å². The van der Waals surface area contributed by atoms with Crippen molar-refractivity contribution < 1.29 is 4.74 Å². The Hall–Kier alpha value is -1.59. The smallest absolute Gasteiger partial charge is 0.322 e. The maximum absolute atomic E-state index is 5.62. The first-order chi connectivity index (χ1) is 9.21. The second-order valence-corrected chi connectivity index (χ2v) is 5.15. The van der Waals surface area contributed by atoms with E-state index >= 15 is 0 Å². The summed E-state index contributed by atoms with van der Waals surface area (Å²) in [6.07, 6.45) is 7.52. The van der Waals surface area contributed by atoms with E-state index in [4.69, 9.17) is 10.5 Å². The van der Waals surface area contributed by atoms with Gasteiger partial charge in [-0.3, -0.25) is 0 Å². The molecule has 1 aliphatic rings. The zero-order valence-electron chi connectivity index (χ0n) is 11.7. The number of ether oxygens (including phenoxy) is 1. The lowest BCUT2D eigenvalue weighted by atomic mass is 9.83. The van der Waals surface area contributed by atoms with Crippen LogP contribution in [0.2, 0.25) is 0 Å². The molecule has 0 bridgehead atoms. The summed E-state index contributed by atoms with van der Waals surface area (Å²) in [5, 5.41) is 3.34. The van der Waals surface area contributed by atoms with Gasteiger partial charge in [0.05, 0.1) is 7.11 Å². The molecule has 1 aliphatic carbocycles. The monoisotopic (exact) mass is 265 g/mol. The molecule has 0 radical (unpaired) electrons. The van der Waals surface area contributed by atoms with Crippen LogP contribution in [0.5, 0.6) is 6.01 Å². The maximum atomic E-state index is 5.62. The van der Waals surface area contributed by atoms with Crippen LogP contribution in [0, 0.1) is 5.92 Å². The van der Waals surface area contributed by atoms with E-state index in [0.29, 0.717) is 12.0 Å². The highest BCUT2D eigenvalue weighted by molar-refractivity contribution is 5.33. The number of nitrogens with two attached hydrogens (primary N) is 1. The minimum Gasteiger partial charge on any atom is -0.467 e. The molecule has 19 heavy (non-hydrogen) atoms. The minimum absolute atomic E-state index is 0.189. The molecule has 0 spiro atoms. The number of nitrogens with one attached hydrogen (secondary N) is 1. The van der Waals surface area contributed by atoms with Crippen molar-refractivity contribution in [1.29, 1.82) is 0 Å². The van der Waals surface area contributed by atoms with Crippen LogP contribution in [-0.4, -0.2) is 28.1 Å². The lowest BCUT2D eigenvalue weighted by molar-refractivity contribution is 0.318. The lowest BCUT2D eigenvalue weighted by Crippen LogP contribution is -2.27. The van der Waals surface area contributed by atoms with E-state index in [1.807, 2.05) is 0 Å². The number of nitrogen functional groups attached to an aromatic ring is 1. The van der Waals surface area contributed by atoms with Gasteiger partial charge in [0.15, 0.2) is 0 Å². The fraction of sp³-hybridized carbons (Fsp3) is 0.769. The Morgan fingerprint density at radius 3 is 2.58 bits per heavy atom. The quantitative estimate of drug-likeness (QED) is 0.849. The Morgan fingerprint density at radius 1 is 1.21 bits per heavy atom. The van der Waals surface area contributed by atoms with Gasteiger partial charge >= 0.3 is 6.01 Å². The minimum atomic E-state index is 0.189. The lowest BCUT2D eigenvalue weighted by Gasteiger charge is -2.28. The molecule has 0 atom stereocenters. The average molecular weight is 265 g/mol. The zero-order chi connectivity index (χ0) is 13.7. The van der Waals surface area contributed by atoms with Crippen molar-refractivity contribution in [2.24, 2.45) is 5.92 Å². The largest absolute Gasteiger partial charge is 0.467 e. The first-order valence-electron chi connectivity index (χ1n) is 7.03. The second-order valence-electron chi connectivity index (χ2n) is 5.15. The van der Waals surface area contributed by atoms with Crippen LogP contribution >= 0.6 is 0 Å². The Morgan fingerprint density at radius 2 is 1.95 bits per heavy atom. The summed E-state index contributed by atoms with van der Waals surface area (Å²) < 4.78 is 4.99. The standard InChI is InChI=1S/C13H23N5O/c1-3-4-9-5-7-10(8-6-9)15-12-16-11(14)17-13(18-12)19-2/h9-10H,3-8H2,1-2H3,(H3,14,15,16,17,18). The molecule has 1 heterocycles. The summed E-state index contributed by atoms with van der Waals surface area (Å²) in [4.78, 5) is 12.1. The van der Waals surface area contributed by atoms with Crippen molar-refractivity contribution in [1.82, 2.24) is 15.0 Å². The number of anilines is 2. The van der Waals surface area contributed by atoms with E-state index in [9.17, 15) is 0 Å². The third-order valence-electron chi connectivity index (χ3n) is 3.69. The maximum Gasteiger partial charge on any atom is 0.322 e. The molecule has 2 rings (SSSR count). The molecule has 0 aromatic carbocycles. The van der Waals surface area contributed by atoms with Gasteiger partial charge in [0.2, 0.25) is 11.9 Å². The van der Waals surface area contributed by atoms with E-state index in [1.54, 1.807) is 0 Å². The average Bonchev–Trinajstić information content (AvgIpc) is 2.40. The van der Waals surface area contributed by atoms with Gasteiger partial charge in [-0.15, -0.1) is 0 Å². The summed E-state index contributed by atoms with van der Waals surface area (Å²) in [6.45, 7) is 2.25. The highest BCUT2D eigenvalue weighted by Gasteiger charge is 2.21. The van der Waals surface area contributed by atoms with Crippen molar-refractivity contribution in [3.8, 4) is 6.01 Å². The van der Waals surface area contributed by atoms with Gasteiger partial charge in [-0.25, -0.2) is 0 Å². The number of aromatic nitrogens is 3. The highest BCUT2D eigenvalue weighted by atomic mass is 16.5. The molecule has 3 N–H and O–H groups in total. The third-order valence-corrected chi connectivity index (χ3v) is 3.69. The molecule has 6 heteroatoms. The van der Waals surface area contributed by atoms with E-state index in [2.05, 4.69) is 27.2 Å². The molecule has 1 fully saturated rings. The van der Waals surface area contributed by atoms with E-state index < -0.39 is 0 Å². The first kappa shape index (κ1) is 13.8. The molecule has 1 aromatic rings. The summed E-state index contributed by atoms with van der Waals surface area (Å²) in [5.41, 5.74) is 5.62. The third kappa shape index (κ3) is 3.94. The molecule has 0 amide bonds. The van der Waals surface area contributed by atoms with Crippen molar-refractivity contribution >= 4 is 11.9 Å². The number of hydrogen-bond acceptors (Lipinski definition) is 6. The molecule has 106 valence electrons. The predicted octanol–water partition coefficient (Wildman–Crippen LogP) is 2.23. The van der Waals surface area contributed by atoms with Gasteiger partial charge < -0.3 is 15.8 Å². The van der Waals surface area contributed by atoms with E-state index in [-0.39, 0.29) is 12.0 Å². The summed E-state index contributed by atoms with van der Waals surface area (Å²) >= 11 is 0. The van der Waals surface area contributed by atoms with Gasteiger partial charge in [0.1, 0.15) is 0 Å². The van der Waals surface area contributed by atoms with E-state index in [1.165, 1.54) is 45.6 Å². The summed E-state index contributed by atoms with van der Waals surface area (Å²) in [7, 11) is 1.52. The fourth-order valence-electron chi connectivity index (χ4n) is 2.71. The number of rotatable bonds is 5. The Labute approximate surface area is 114 Å².